The van der Waals surface area contributed by atoms with Crippen LogP contribution in [0.3, 0.4) is 0 Å². The zero-order valence-corrected chi connectivity index (χ0v) is 36.8. The molecular weight excluding hydrogens is 673 g/mol. The van der Waals surface area contributed by atoms with Gasteiger partial charge in [0.05, 0.1) is 32.0 Å². The van der Waals surface area contributed by atoms with Gasteiger partial charge in [0.2, 0.25) is 0 Å². The highest BCUT2D eigenvalue weighted by atomic mass is 28.3. The second-order valence-corrected chi connectivity index (χ2v) is 28.2. The molecule has 0 N–H and O–H groups in total. The molecule has 52 heavy (non-hydrogen) atoms. The Hall–Kier alpha value is -2.35. The van der Waals surface area contributed by atoms with Crippen LogP contribution in [0, 0.1) is 34.8 Å². The molecule has 0 saturated carbocycles. The van der Waals surface area contributed by atoms with E-state index in [0.717, 1.165) is 65.5 Å². The lowest BCUT2D eigenvalue weighted by Crippen LogP contribution is -2.43. The van der Waals surface area contributed by atoms with E-state index in [1.54, 1.807) is 0 Å². The second kappa shape index (κ2) is 18.8. The summed E-state index contributed by atoms with van der Waals surface area (Å²) in [5, 5.41) is 0. The van der Waals surface area contributed by atoms with Gasteiger partial charge in [0.25, 0.3) is 0 Å². The molecule has 0 spiro atoms. The highest BCUT2D eigenvalue weighted by Gasteiger charge is 2.43. The van der Waals surface area contributed by atoms with Crippen LogP contribution in [0.2, 0.25) is 33.2 Å². The fraction of sp³-hybridized carbons (Fsp3) is 0.652. The van der Waals surface area contributed by atoms with Crippen molar-refractivity contribution in [1.82, 2.24) is 0 Å². The maximum atomic E-state index is 6.08. The van der Waals surface area contributed by atoms with Crippen LogP contribution in [-0.4, -0.2) is 55.2 Å². The molecule has 3 aliphatic rings. The second-order valence-electron chi connectivity index (χ2n) is 17.0. The van der Waals surface area contributed by atoms with Gasteiger partial charge in [-0.25, -0.2) is 0 Å². The van der Waals surface area contributed by atoms with Crippen molar-refractivity contribution in [2.45, 2.75) is 168 Å². The first kappa shape index (κ1) is 42.4. The third-order valence-electron chi connectivity index (χ3n) is 11.9. The number of hydrogen-bond donors (Lipinski definition) is 0. The topological polar surface area (TPSA) is 36.9 Å². The average Bonchev–Trinajstić information content (AvgIpc) is 3.08. The van der Waals surface area contributed by atoms with Crippen molar-refractivity contribution in [2.75, 3.05) is 26.4 Å². The normalized spacial score (nSPS) is 17.6. The predicted molar refractivity (Wildman–Crippen MR) is 224 cm³/mol. The number of hydrogen-bond acceptors (Lipinski definition) is 4. The largest absolute Gasteiger partial charge is 0.348 e. The van der Waals surface area contributed by atoms with Crippen molar-refractivity contribution >= 4 is 16.1 Å². The van der Waals surface area contributed by atoms with Crippen molar-refractivity contribution in [3.05, 3.63) is 57.2 Å². The molecule has 4 rings (SSSR count). The first-order valence-corrected chi connectivity index (χ1v) is 24.8. The van der Waals surface area contributed by atoms with Gasteiger partial charge in [-0.2, -0.15) is 0 Å². The van der Waals surface area contributed by atoms with E-state index in [-0.39, 0.29) is 0 Å². The van der Waals surface area contributed by atoms with Crippen molar-refractivity contribution < 1.29 is 18.9 Å². The molecule has 1 aliphatic carbocycles. The smallest absolute Gasteiger partial charge is 0.185 e. The van der Waals surface area contributed by atoms with Gasteiger partial charge in [0.1, 0.15) is 16.1 Å². The summed E-state index contributed by atoms with van der Waals surface area (Å²) in [6, 6.07) is 4.65. The average molecular weight is 741 g/mol. The summed E-state index contributed by atoms with van der Waals surface area (Å²) in [5.74, 6) is 15.0. The van der Waals surface area contributed by atoms with Crippen molar-refractivity contribution in [1.29, 1.82) is 0 Å². The first-order chi connectivity index (χ1) is 24.7. The molecule has 284 valence electrons. The summed E-state index contributed by atoms with van der Waals surface area (Å²) in [7, 11) is -4.03. The van der Waals surface area contributed by atoms with Crippen LogP contribution in [0.5, 0.6) is 0 Å². The molecule has 0 unspecified atom stereocenters. The molecule has 6 heteroatoms. The zero-order valence-electron chi connectivity index (χ0n) is 34.8. The molecule has 0 radical (unpaired) electrons. The fourth-order valence-electron chi connectivity index (χ4n) is 9.15. The standard InChI is InChI=1S/C46H68O4Si2/c1-14-15-18-38-29-39(21-27-51(32(2)3,33(4)5)34(6)7)41(40(30-38)22-28-52(35(8)9,36(10)11)37(12)13)19-20-42-43(45-47-23-16-24-48-45)31-44(42)46-49-25-17-26-50-46/h29-37,45-46H,14-18,23-26H2,1-13H3. The molecule has 2 fully saturated rings. The van der Waals surface area contributed by atoms with E-state index >= 15 is 0 Å². The summed E-state index contributed by atoms with van der Waals surface area (Å²) < 4.78 is 24.3. The summed E-state index contributed by atoms with van der Waals surface area (Å²) in [4.78, 5) is 0. The highest BCUT2D eigenvalue weighted by Crippen LogP contribution is 2.42. The Morgan fingerprint density at radius 1 is 0.596 bits per heavy atom. The molecule has 2 aliphatic heterocycles. The lowest BCUT2D eigenvalue weighted by atomic mass is 9.86. The van der Waals surface area contributed by atoms with Gasteiger partial charge in [-0.05, 0) is 82.7 Å². The van der Waals surface area contributed by atoms with Crippen LogP contribution < -0.4 is 0 Å². The van der Waals surface area contributed by atoms with Gasteiger partial charge in [-0.15, -0.1) is 11.1 Å². The zero-order chi connectivity index (χ0) is 38.2. The van der Waals surface area contributed by atoms with Gasteiger partial charge in [-0.3, -0.25) is 0 Å². The molecule has 0 amide bonds. The maximum absolute atomic E-state index is 6.08. The van der Waals surface area contributed by atoms with Gasteiger partial charge in [0, 0.05) is 27.8 Å². The first-order valence-electron chi connectivity index (χ1n) is 20.4. The minimum atomic E-state index is -2.02. The number of benzene rings is 1. The maximum Gasteiger partial charge on any atom is 0.185 e. The van der Waals surface area contributed by atoms with Gasteiger partial charge >= 0.3 is 0 Å². The molecule has 0 bridgehead atoms. The highest BCUT2D eigenvalue weighted by molar-refractivity contribution is 6.91. The Labute approximate surface area is 320 Å². The van der Waals surface area contributed by atoms with Crippen molar-refractivity contribution in [2.24, 2.45) is 0 Å². The van der Waals surface area contributed by atoms with E-state index < -0.39 is 28.7 Å². The Balaban J connectivity index is 2.03. The van der Waals surface area contributed by atoms with Crippen molar-refractivity contribution in [3.8, 4) is 34.8 Å². The Morgan fingerprint density at radius 2 is 1.02 bits per heavy atom. The van der Waals surface area contributed by atoms with Gasteiger partial charge < -0.3 is 18.9 Å². The Bertz CT molecular complexity index is 1520. The van der Waals surface area contributed by atoms with Gasteiger partial charge in [0.15, 0.2) is 12.6 Å². The summed E-state index contributed by atoms with van der Waals surface area (Å²) in [6.45, 7) is 33.5. The van der Waals surface area contributed by atoms with E-state index in [1.165, 1.54) is 5.56 Å². The molecule has 2 heterocycles. The lowest BCUT2D eigenvalue weighted by Gasteiger charge is -2.38. The Kier molecular flexibility index (Phi) is 15.3. The summed E-state index contributed by atoms with van der Waals surface area (Å²) in [5.41, 5.74) is 18.4. The molecule has 0 atom stereocenters. The van der Waals surface area contributed by atoms with E-state index in [2.05, 4.69) is 143 Å². The minimum absolute atomic E-state index is 0.426. The molecule has 2 saturated heterocycles. The third-order valence-corrected chi connectivity index (χ3v) is 24.5. The minimum Gasteiger partial charge on any atom is -0.348 e. The number of ether oxygens (including phenoxy) is 4. The fourth-order valence-corrected chi connectivity index (χ4v) is 19.6. The molecule has 1 aromatic carbocycles. The quantitative estimate of drug-likeness (QED) is 0.167. The van der Waals surface area contributed by atoms with E-state index in [4.69, 9.17) is 18.9 Å². The lowest BCUT2D eigenvalue weighted by molar-refractivity contribution is -0.162. The van der Waals surface area contributed by atoms with E-state index in [0.29, 0.717) is 59.7 Å². The monoisotopic (exact) mass is 740 g/mol. The van der Waals surface area contributed by atoms with Crippen LogP contribution >= 0.6 is 0 Å². The van der Waals surface area contributed by atoms with Crippen LogP contribution in [-0.2, 0) is 25.4 Å². The third kappa shape index (κ3) is 9.12. The molecule has 1 aromatic rings. The van der Waals surface area contributed by atoms with E-state index in [9.17, 15) is 0 Å². The van der Waals surface area contributed by atoms with Crippen molar-refractivity contribution in [3.63, 3.8) is 0 Å². The predicted octanol–water partition coefficient (Wildman–Crippen LogP) is 11.3. The number of aryl methyl sites for hydroxylation is 1. The summed E-state index contributed by atoms with van der Waals surface area (Å²) >= 11 is 0. The SMILES string of the molecule is CCCCc1cc(C#C[Si](C(C)C)(C(C)C)C(C)C)c(C#CC2=C(C3OCCCO3)C=C2C2OCCCO2)c(C#C[Si](C(C)C)(C(C)C)C(C)C)c1. The van der Waals surface area contributed by atoms with Crippen LogP contribution in [0.25, 0.3) is 0 Å². The Morgan fingerprint density at radius 3 is 1.42 bits per heavy atom. The van der Waals surface area contributed by atoms with Crippen LogP contribution in [0.4, 0.5) is 0 Å². The van der Waals surface area contributed by atoms with Crippen LogP contribution in [0.1, 0.15) is 138 Å². The molecule has 0 aromatic heterocycles. The number of rotatable bonds is 11. The number of unbranched alkanes of at least 4 members (excludes halogenated alkanes) is 1. The molecular formula is C46H68O4Si2. The van der Waals surface area contributed by atoms with Gasteiger partial charge in [-0.1, -0.05) is 120 Å². The van der Waals surface area contributed by atoms with E-state index in [1.807, 2.05) is 0 Å². The molecule has 4 nitrogen and oxygen atoms in total. The summed E-state index contributed by atoms with van der Waals surface area (Å²) in [6.07, 6.45) is 6.31. The van der Waals surface area contributed by atoms with Crippen LogP contribution in [0.15, 0.2) is 34.9 Å².